The van der Waals surface area contributed by atoms with Crippen LogP contribution in [0, 0.1) is 17.0 Å². The van der Waals surface area contributed by atoms with E-state index in [4.69, 9.17) is 0 Å². The third-order valence-electron chi connectivity index (χ3n) is 3.03. The molecule has 1 heterocycles. The van der Waals surface area contributed by atoms with E-state index in [1.165, 1.54) is 18.9 Å². The number of rotatable bonds is 5. The smallest absolute Gasteiger partial charge is 0.311 e. The van der Waals surface area contributed by atoms with Crippen molar-refractivity contribution in [3.05, 3.63) is 27.9 Å². The highest BCUT2D eigenvalue weighted by molar-refractivity contribution is 8.00. The number of aromatic nitrogens is 1. The molecule has 0 atom stereocenters. The molecule has 17 heavy (non-hydrogen) atoms. The second-order valence-electron chi connectivity index (χ2n) is 4.32. The Morgan fingerprint density at radius 2 is 2.29 bits per heavy atom. The van der Waals surface area contributed by atoms with Crippen LogP contribution in [0.25, 0.3) is 0 Å². The highest BCUT2D eigenvalue weighted by atomic mass is 32.2. The topological polar surface area (TPSA) is 68.1 Å². The first-order valence-electron chi connectivity index (χ1n) is 5.47. The predicted molar refractivity (Wildman–Crippen MR) is 69.6 cm³/mol. The van der Waals surface area contributed by atoms with E-state index >= 15 is 0 Å². The second kappa shape index (κ2) is 4.52. The fourth-order valence-electron chi connectivity index (χ4n) is 1.66. The first kappa shape index (κ1) is 12.2. The van der Waals surface area contributed by atoms with Crippen LogP contribution >= 0.6 is 11.8 Å². The van der Waals surface area contributed by atoms with Gasteiger partial charge in [0.1, 0.15) is 0 Å². The lowest BCUT2D eigenvalue weighted by Gasteiger charge is -2.13. The Bertz CT molecular complexity index is 446. The largest absolute Gasteiger partial charge is 0.363 e. The first-order chi connectivity index (χ1) is 8.06. The lowest BCUT2D eigenvalue weighted by Crippen LogP contribution is -2.18. The van der Waals surface area contributed by atoms with Crippen LogP contribution in [0.1, 0.15) is 18.5 Å². The van der Waals surface area contributed by atoms with Crippen LogP contribution in [0.3, 0.4) is 0 Å². The normalized spacial score (nSPS) is 16.6. The van der Waals surface area contributed by atoms with Crippen molar-refractivity contribution in [2.45, 2.75) is 24.5 Å². The summed E-state index contributed by atoms with van der Waals surface area (Å²) < 4.78 is 0.263. The Labute approximate surface area is 104 Å². The van der Waals surface area contributed by atoms with Crippen LogP contribution in [-0.4, -0.2) is 27.5 Å². The second-order valence-corrected chi connectivity index (χ2v) is 5.59. The van der Waals surface area contributed by atoms with Crippen LogP contribution in [0.15, 0.2) is 12.1 Å². The Balaban J connectivity index is 2.13. The molecule has 1 aliphatic carbocycles. The van der Waals surface area contributed by atoms with Gasteiger partial charge in [-0.2, -0.15) is 11.8 Å². The maximum absolute atomic E-state index is 10.9. The third-order valence-corrected chi connectivity index (χ3v) is 4.45. The molecule has 1 saturated carbocycles. The van der Waals surface area contributed by atoms with Gasteiger partial charge in [0.25, 0.3) is 0 Å². The molecule has 1 aliphatic rings. The average Bonchev–Trinajstić information content (AvgIpc) is 3.07. The Kier molecular flexibility index (Phi) is 3.24. The van der Waals surface area contributed by atoms with Crippen LogP contribution in [0.2, 0.25) is 0 Å². The Morgan fingerprint density at radius 1 is 1.59 bits per heavy atom. The molecule has 1 aromatic heterocycles. The zero-order valence-electron chi connectivity index (χ0n) is 9.90. The average molecular weight is 253 g/mol. The number of pyridine rings is 1. The lowest BCUT2D eigenvalue weighted by atomic mass is 10.3. The summed E-state index contributed by atoms with van der Waals surface area (Å²) in [5.74, 6) is 0.385. The minimum atomic E-state index is -0.395. The van der Waals surface area contributed by atoms with Gasteiger partial charge in [0.05, 0.1) is 4.92 Å². The van der Waals surface area contributed by atoms with E-state index < -0.39 is 4.92 Å². The number of nitrogens with zero attached hydrogens (tertiary/aromatic N) is 2. The van der Waals surface area contributed by atoms with E-state index in [1.54, 1.807) is 6.07 Å². The summed E-state index contributed by atoms with van der Waals surface area (Å²) in [6, 6.07) is 3.16. The molecule has 0 aliphatic heterocycles. The lowest BCUT2D eigenvalue weighted by molar-refractivity contribution is -0.384. The van der Waals surface area contributed by atoms with E-state index in [-0.39, 0.29) is 10.4 Å². The molecular formula is C11H15N3O2S. The summed E-state index contributed by atoms with van der Waals surface area (Å²) in [5, 5.41) is 14.0. The third kappa shape index (κ3) is 2.69. The minimum absolute atomic E-state index is 0.0486. The number of hydrogen-bond donors (Lipinski definition) is 1. The molecule has 0 aromatic carbocycles. The van der Waals surface area contributed by atoms with Crippen molar-refractivity contribution in [2.75, 3.05) is 18.1 Å². The fraction of sp³-hybridized carbons (Fsp3) is 0.545. The first-order valence-corrected chi connectivity index (χ1v) is 6.70. The monoisotopic (exact) mass is 253 g/mol. The van der Waals surface area contributed by atoms with Gasteiger partial charge < -0.3 is 5.32 Å². The molecule has 6 heteroatoms. The number of nitro groups is 1. The molecule has 2 rings (SSSR count). The molecule has 0 amide bonds. The SMILES string of the molecule is CSC1(CNc2nc(C)ccc2[N+](=O)[O-])CC1. The Morgan fingerprint density at radius 3 is 2.82 bits per heavy atom. The summed E-state index contributed by atoms with van der Waals surface area (Å²) in [7, 11) is 0. The van der Waals surface area contributed by atoms with Gasteiger partial charge in [0, 0.05) is 23.1 Å². The number of hydrogen-bond acceptors (Lipinski definition) is 5. The quantitative estimate of drug-likeness (QED) is 0.645. The van der Waals surface area contributed by atoms with Crippen molar-refractivity contribution in [1.29, 1.82) is 0 Å². The summed E-state index contributed by atoms with van der Waals surface area (Å²) in [6.45, 7) is 2.57. The van der Waals surface area contributed by atoms with E-state index in [2.05, 4.69) is 16.6 Å². The number of aryl methyl sites for hydroxylation is 1. The highest BCUT2D eigenvalue weighted by Gasteiger charge is 2.42. The van der Waals surface area contributed by atoms with E-state index in [0.29, 0.717) is 5.82 Å². The summed E-state index contributed by atoms with van der Waals surface area (Å²) in [6.07, 6.45) is 4.41. The number of thioether (sulfide) groups is 1. The molecule has 0 unspecified atom stereocenters. The van der Waals surface area contributed by atoms with Crippen LogP contribution in [0.4, 0.5) is 11.5 Å². The van der Waals surface area contributed by atoms with Gasteiger partial charge in [-0.3, -0.25) is 10.1 Å². The van der Waals surface area contributed by atoms with Crippen LogP contribution in [-0.2, 0) is 0 Å². The molecule has 92 valence electrons. The molecule has 0 radical (unpaired) electrons. The van der Waals surface area contributed by atoms with Crippen molar-refractivity contribution in [3.63, 3.8) is 0 Å². The molecular weight excluding hydrogens is 238 g/mol. The van der Waals surface area contributed by atoms with Gasteiger partial charge in [-0.15, -0.1) is 0 Å². The van der Waals surface area contributed by atoms with Gasteiger partial charge in [0.2, 0.25) is 5.82 Å². The molecule has 0 bridgehead atoms. The van der Waals surface area contributed by atoms with E-state index in [0.717, 1.165) is 12.2 Å². The van der Waals surface area contributed by atoms with Crippen molar-refractivity contribution in [1.82, 2.24) is 4.98 Å². The Hall–Kier alpha value is -1.30. The van der Waals surface area contributed by atoms with Crippen molar-refractivity contribution in [2.24, 2.45) is 0 Å². The van der Waals surface area contributed by atoms with Crippen LogP contribution < -0.4 is 5.32 Å². The maximum atomic E-state index is 10.9. The molecule has 1 aromatic rings. The number of nitrogens with one attached hydrogen (secondary N) is 1. The summed E-state index contributed by atoms with van der Waals surface area (Å²) in [5.41, 5.74) is 0.833. The van der Waals surface area contributed by atoms with Gasteiger partial charge >= 0.3 is 5.69 Å². The van der Waals surface area contributed by atoms with Gasteiger partial charge in [-0.05, 0) is 32.1 Å². The van der Waals surface area contributed by atoms with Gasteiger partial charge in [0.15, 0.2) is 0 Å². The number of anilines is 1. The molecule has 1 N–H and O–H groups in total. The predicted octanol–water partition coefficient (Wildman–Crippen LogP) is 2.61. The molecule has 0 saturated heterocycles. The van der Waals surface area contributed by atoms with Gasteiger partial charge in [-0.25, -0.2) is 4.98 Å². The van der Waals surface area contributed by atoms with Crippen molar-refractivity contribution >= 4 is 23.3 Å². The van der Waals surface area contributed by atoms with E-state index in [1.807, 2.05) is 18.7 Å². The summed E-state index contributed by atoms with van der Waals surface area (Å²) in [4.78, 5) is 14.7. The van der Waals surface area contributed by atoms with Gasteiger partial charge in [-0.1, -0.05) is 0 Å². The minimum Gasteiger partial charge on any atom is -0.363 e. The highest BCUT2D eigenvalue weighted by Crippen LogP contribution is 2.47. The standard InChI is InChI=1S/C11H15N3O2S/c1-8-3-4-9(14(15)16)10(13-8)12-7-11(17-2)5-6-11/h3-4H,5-7H2,1-2H3,(H,12,13). The zero-order valence-corrected chi connectivity index (χ0v) is 10.7. The maximum Gasteiger partial charge on any atom is 0.311 e. The van der Waals surface area contributed by atoms with Crippen LogP contribution in [0.5, 0.6) is 0 Å². The van der Waals surface area contributed by atoms with Crippen molar-refractivity contribution < 1.29 is 4.92 Å². The zero-order chi connectivity index (χ0) is 12.5. The fourth-order valence-corrected chi connectivity index (χ4v) is 2.39. The molecule has 5 nitrogen and oxygen atoms in total. The van der Waals surface area contributed by atoms with E-state index in [9.17, 15) is 10.1 Å². The molecule has 0 spiro atoms. The van der Waals surface area contributed by atoms with Crippen molar-refractivity contribution in [3.8, 4) is 0 Å². The summed E-state index contributed by atoms with van der Waals surface area (Å²) >= 11 is 1.82. The molecule has 1 fully saturated rings.